The summed E-state index contributed by atoms with van der Waals surface area (Å²) in [7, 11) is 2.11. The molecule has 0 spiro atoms. The Balaban J connectivity index is 1.75. The van der Waals surface area contributed by atoms with Crippen LogP contribution in [-0.4, -0.2) is 20.3 Å². The van der Waals surface area contributed by atoms with Crippen LogP contribution < -0.4 is 4.90 Å². The summed E-state index contributed by atoms with van der Waals surface area (Å²) in [6.07, 6.45) is -0.205. The van der Waals surface area contributed by atoms with Crippen LogP contribution in [0.4, 0.5) is 11.4 Å². The van der Waals surface area contributed by atoms with Crippen molar-refractivity contribution in [1.29, 1.82) is 0 Å². The molecule has 102 valence electrons. The number of hydrogen-bond donors (Lipinski definition) is 0. The van der Waals surface area contributed by atoms with E-state index < -0.39 is 0 Å². The van der Waals surface area contributed by atoms with E-state index in [0.717, 1.165) is 5.56 Å². The third kappa shape index (κ3) is 1.92. The highest BCUT2D eigenvalue weighted by Gasteiger charge is 2.24. The van der Waals surface area contributed by atoms with Crippen molar-refractivity contribution < 1.29 is 9.47 Å². The van der Waals surface area contributed by atoms with E-state index in [2.05, 4.69) is 54.4 Å². The van der Waals surface area contributed by atoms with Crippen molar-refractivity contribution in [3.63, 3.8) is 0 Å². The van der Waals surface area contributed by atoms with E-state index in [0.29, 0.717) is 13.2 Å². The quantitative estimate of drug-likeness (QED) is 0.790. The zero-order chi connectivity index (χ0) is 13.5. The summed E-state index contributed by atoms with van der Waals surface area (Å²) >= 11 is 1.81. The number of nitrogens with zero attached hydrogens (tertiary/aromatic N) is 1. The van der Waals surface area contributed by atoms with Crippen LogP contribution >= 0.6 is 11.8 Å². The monoisotopic (exact) mass is 285 g/mol. The van der Waals surface area contributed by atoms with Gasteiger partial charge in [-0.15, -0.1) is 0 Å². The van der Waals surface area contributed by atoms with Gasteiger partial charge in [-0.2, -0.15) is 0 Å². The molecule has 0 bridgehead atoms. The number of para-hydroxylation sites is 1. The Bertz CT molecular complexity index is 653. The van der Waals surface area contributed by atoms with Crippen molar-refractivity contribution in [3.05, 3.63) is 48.0 Å². The van der Waals surface area contributed by atoms with Gasteiger partial charge >= 0.3 is 0 Å². The summed E-state index contributed by atoms with van der Waals surface area (Å²) in [5.41, 5.74) is 3.59. The van der Waals surface area contributed by atoms with Crippen molar-refractivity contribution in [2.75, 3.05) is 25.2 Å². The van der Waals surface area contributed by atoms with E-state index in [4.69, 9.17) is 9.47 Å². The van der Waals surface area contributed by atoms with Crippen LogP contribution in [0.1, 0.15) is 11.9 Å². The Labute approximate surface area is 122 Å². The van der Waals surface area contributed by atoms with E-state index in [1.165, 1.54) is 21.2 Å². The van der Waals surface area contributed by atoms with E-state index in [1.54, 1.807) is 11.8 Å². The molecule has 1 saturated heterocycles. The second-order valence-electron chi connectivity index (χ2n) is 4.93. The second-order valence-corrected chi connectivity index (χ2v) is 6.01. The first-order valence-corrected chi connectivity index (χ1v) is 7.52. The summed E-state index contributed by atoms with van der Waals surface area (Å²) in [6.45, 7) is 1.36. The lowest BCUT2D eigenvalue weighted by Gasteiger charge is -2.30. The highest BCUT2D eigenvalue weighted by atomic mass is 32.2. The van der Waals surface area contributed by atoms with Crippen molar-refractivity contribution in [1.82, 2.24) is 0 Å². The van der Waals surface area contributed by atoms with Gasteiger partial charge in [0.05, 0.1) is 24.6 Å². The zero-order valence-electron chi connectivity index (χ0n) is 11.2. The minimum absolute atomic E-state index is 0.205. The minimum atomic E-state index is -0.205. The van der Waals surface area contributed by atoms with Crippen molar-refractivity contribution in [2.24, 2.45) is 0 Å². The van der Waals surface area contributed by atoms with Crippen LogP contribution in [0.3, 0.4) is 0 Å². The predicted molar refractivity (Wildman–Crippen MR) is 79.7 cm³/mol. The lowest BCUT2D eigenvalue weighted by Crippen LogP contribution is -2.14. The topological polar surface area (TPSA) is 21.7 Å². The fraction of sp³-hybridized carbons (Fsp3) is 0.250. The average molecular weight is 285 g/mol. The molecule has 0 radical (unpaired) electrons. The summed E-state index contributed by atoms with van der Waals surface area (Å²) in [5, 5.41) is 0. The molecule has 20 heavy (non-hydrogen) atoms. The summed E-state index contributed by atoms with van der Waals surface area (Å²) in [5.74, 6) is 0. The Morgan fingerprint density at radius 1 is 1.00 bits per heavy atom. The standard InChI is InChI=1S/C16H15NO2S/c1-17-12-4-2-3-5-14(12)20-15-10-11(6-7-13(15)17)16-18-8-9-19-16/h2-7,10,16H,8-9H2,1H3. The van der Waals surface area contributed by atoms with Crippen LogP contribution in [0.25, 0.3) is 0 Å². The largest absolute Gasteiger partial charge is 0.346 e. The Morgan fingerprint density at radius 3 is 2.60 bits per heavy atom. The molecule has 1 fully saturated rings. The SMILES string of the molecule is CN1c2ccccc2Sc2cc(C3OCCO3)ccc21. The van der Waals surface area contributed by atoms with E-state index in [9.17, 15) is 0 Å². The van der Waals surface area contributed by atoms with Crippen LogP contribution in [0, 0.1) is 0 Å². The van der Waals surface area contributed by atoms with Crippen LogP contribution in [0.2, 0.25) is 0 Å². The first-order valence-electron chi connectivity index (χ1n) is 6.71. The molecule has 2 aromatic carbocycles. The normalized spacial score (nSPS) is 17.9. The molecule has 2 aliphatic rings. The van der Waals surface area contributed by atoms with Crippen molar-refractivity contribution in [2.45, 2.75) is 16.1 Å². The van der Waals surface area contributed by atoms with Gasteiger partial charge in [0, 0.05) is 22.4 Å². The van der Waals surface area contributed by atoms with Gasteiger partial charge in [0.25, 0.3) is 0 Å². The average Bonchev–Trinajstić information content (AvgIpc) is 3.01. The molecule has 4 rings (SSSR count). The van der Waals surface area contributed by atoms with E-state index >= 15 is 0 Å². The van der Waals surface area contributed by atoms with Gasteiger partial charge in [-0.3, -0.25) is 0 Å². The molecule has 2 aromatic rings. The fourth-order valence-electron chi connectivity index (χ4n) is 2.66. The van der Waals surface area contributed by atoms with Crippen LogP contribution in [0.5, 0.6) is 0 Å². The van der Waals surface area contributed by atoms with Gasteiger partial charge < -0.3 is 14.4 Å². The van der Waals surface area contributed by atoms with Gasteiger partial charge in [-0.1, -0.05) is 30.0 Å². The molecule has 0 atom stereocenters. The van der Waals surface area contributed by atoms with Crippen molar-refractivity contribution >= 4 is 23.1 Å². The minimum Gasteiger partial charge on any atom is -0.346 e. The molecular weight excluding hydrogens is 270 g/mol. The smallest absolute Gasteiger partial charge is 0.184 e. The zero-order valence-corrected chi connectivity index (χ0v) is 12.0. The molecule has 2 heterocycles. The molecule has 3 nitrogen and oxygen atoms in total. The fourth-order valence-corrected chi connectivity index (χ4v) is 3.85. The second kappa shape index (κ2) is 4.81. The summed E-state index contributed by atoms with van der Waals surface area (Å²) in [4.78, 5) is 4.78. The molecule has 0 aromatic heterocycles. The first kappa shape index (κ1) is 12.3. The van der Waals surface area contributed by atoms with E-state index in [-0.39, 0.29) is 6.29 Å². The summed E-state index contributed by atoms with van der Waals surface area (Å²) in [6, 6.07) is 14.9. The number of ether oxygens (including phenoxy) is 2. The van der Waals surface area contributed by atoms with Gasteiger partial charge in [0.15, 0.2) is 6.29 Å². The van der Waals surface area contributed by atoms with Crippen LogP contribution in [0.15, 0.2) is 52.3 Å². The Morgan fingerprint density at radius 2 is 1.75 bits per heavy atom. The number of rotatable bonds is 1. The molecule has 0 unspecified atom stereocenters. The number of benzene rings is 2. The molecule has 0 N–H and O–H groups in total. The first-order chi connectivity index (χ1) is 9.83. The maximum Gasteiger partial charge on any atom is 0.184 e. The highest BCUT2D eigenvalue weighted by Crippen LogP contribution is 2.48. The molecule has 4 heteroatoms. The van der Waals surface area contributed by atoms with Gasteiger partial charge in [0.1, 0.15) is 0 Å². The Hall–Kier alpha value is -1.49. The molecule has 0 saturated carbocycles. The number of fused-ring (bicyclic) bond motifs is 2. The number of anilines is 2. The summed E-state index contributed by atoms with van der Waals surface area (Å²) < 4.78 is 11.2. The lowest BCUT2D eigenvalue weighted by atomic mass is 10.1. The maximum absolute atomic E-state index is 5.58. The maximum atomic E-state index is 5.58. The van der Waals surface area contributed by atoms with E-state index in [1.807, 2.05) is 0 Å². The third-order valence-corrected chi connectivity index (χ3v) is 4.80. The molecule has 0 amide bonds. The van der Waals surface area contributed by atoms with Gasteiger partial charge in [-0.25, -0.2) is 0 Å². The van der Waals surface area contributed by atoms with Gasteiger partial charge in [-0.05, 0) is 24.3 Å². The molecular formula is C16H15NO2S. The van der Waals surface area contributed by atoms with Gasteiger partial charge in [0.2, 0.25) is 0 Å². The van der Waals surface area contributed by atoms with Crippen LogP contribution in [-0.2, 0) is 9.47 Å². The Kier molecular flexibility index (Phi) is 2.95. The number of hydrogen-bond acceptors (Lipinski definition) is 4. The predicted octanol–water partition coefficient (Wildman–Crippen LogP) is 3.96. The lowest BCUT2D eigenvalue weighted by molar-refractivity contribution is -0.0442. The molecule has 0 aliphatic carbocycles. The highest BCUT2D eigenvalue weighted by molar-refractivity contribution is 7.99. The third-order valence-electron chi connectivity index (χ3n) is 3.69. The molecule has 2 aliphatic heterocycles. The van der Waals surface area contributed by atoms with Crippen molar-refractivity contribution in [3.8, 4) is 0 Å².